The minimum absolute atomic E-state index is 0.0365. The van der Waals surface area contributed by atoms with Gasteiger partial charge >= 0.3 is 5.97 Å². The van der Waals surface area contributed by atoms with Crippen molar-refractivity contribution >= 4 is 22.8 Å². The molecule has 86 valence electrons. The van der Waals surface area contributed by atoms with Crippen LogP contribution in [0.25, 0.3) is 0 Å². The number of carbonyl (C=O) groups is 2. The first-order valence-electron chi connectivity index (χ1n) is 4.29. The molecule has 0 saturated carbocycles. The molecule has 0 aliphatic carbocycles. The molecule has 0 heterocycles. The van der Waals surface area contributed by atoms with Crippen LogP contribution in [0.2, 0.25) is 0 Å². The zero-order valence-corrected chi connectivity index (χ0v) is 9.50. The molecule has 1 aromatic carbocycles. The summed E-state index contributed by atoms with van der Waals surface area (Å²) < 4.78 is 26.0. The zero-order valence-electron chi connectivity index (χ0n) is 8.68. The first-order valence-corrected chi connectivity index (χ1v) is 5.37. The highest BCUT2D eigenvalue weighted by molar-refractivity contribution is 7.79. The van der Waals surface area contributed by atoms with Gasteiger partial charge in [0, 0.05) is 10.5 Å². The van der Waals surface area contributed by atoms with Crippen LogP contribution in [-0.2, 0) is 15.8 Å². The molecular weight excluding hydrogens is 232 g/mol. The van der Waals surface area contributed by atoms with E-state index in [2.05, 4.69) is 4.74 Å². The molecule has 1 rings (SSSR count). The molecule has 1 unspecified atom stereocenters. The van der Waals surface area contributed by atoms with Gasteiger partial charge in [-0.15, -0.1) is 0 Å². The lowest BCUT2D eigenvalue weighted by Crippen LogP contribution is -2.05. The molecule has 0 amide bonds. The number of ketones is 1. The molecule has 0 saturated heterocycles. The van der Waals surface area contributed by atoms with Crippen molar-refractivity contribution in [2.24, 2.45) is 0 Å². The van der Waals surface area contributed by atoms with Gasteiger partial charge in [0.2, 0.25) is 0 Å². The summed E-state index contributed by atoms with van der Waals surface area (Å²) in [6, 6.07) is 3.66. The molecule has 16 heavy (non-hydrogen) atoms. The topological polar surface area (TPSA) is 83.5 Å². The van der Waals surface area contributed by atoms with Gasteiger partial charge in [0.25, 0.3) is 0 Å². The van der Waals surface area contributed by atoms with E-state index in [0.717, 1.165) is 6.07 Å². The molecule has 0 bridgehead atoms. The lowest BCUT2D eigenvalue weighted by molar-refractivity contribution is 0.0600. The van der Waals surface area contributed by atoms with E-state index >= 15 is 0 Å². The van der Waals surface area contributed by atoms with Gasteiger partial charge in [0.05, 0.1) is 12.7 Å². The molecule has 1 aromatic rings. The van der Waals surface area contributed by atoms with E-state index in [-0.39, 0.29) is 21.8 Å². The van der Waals surface area contributed by atoms with Crippen LogP contribution in [0.3, 0.4) is 0 Å². The summed E-state index contributed by atoms with van der Waals surface area (Å²) >= 11 is -2.49. The number of rotatable bonds is 3. The van der Waals surface area contributed by atoms with E-state index in [1.165, 1.54) is 26.2 Å². The van der Waals surface area contributed by atoms with E-state index in [0.29, 0.717) is 0 Å². The van der Waals surface area contributed by atoms with Gasteiger partial charge in [-0.2, -0.15) is 0 Å². The summed E-state index contributed by atoms with van der Waals surface area (Å²) in [5.74, 6) is -1.01. The van der Waals surface area contributed by atoms with Crippen LogP contribution in [0.5, 0.6) is 0 Å². The number of esters is 1. The minimum atomic E-state index is -2.49. The first kappa shape index (κ1) is 12.5. The fraction of sp³-hybridized carbons (Fsp3) is 0.200. The van der Waals surface area contributed by atoms with Crippen LogP contribution in [0, 0.1) is 0 Å². The summed E-state index contributed by atoms with van der Waals surface area (Å²) in [5.41, 5.74) is 0.191. The third-order valence-electron chi connectivity index (χ3n) is 1.93. The summed E-state index contributed by atoms with van der Waals surface area (Å²) in [5, 5.41) is 0. The standard InChI is InChI=1S/C10H10O5S/c1-6(11)7-3-8(10(12)15-2)5-9(4-7)16(13)14/h3-5H,1-2H3,(H,13,14)/p-1. The molecule has 0 aliphatic heterocycles. The van der Waals surface area contributed by atoms with Gasteiger partial charge in [-0.25, -0.2) is 4.79 Å². The van der Waals surface area contributed by atoms with E-state index in [1.807, 2.05) is 0 Å². The lowest BCUT2D eigenvalue weighted by atomic mass is 10.1. The average Bonchev–Trinajstić information content (AvgIpc) is 2.27. The average molecular weight is 241 g/mol. The highest BCUT2D eigenvalue weighted by Gasteiger charge is 2.11. The predicted molar refractivity (Wildman–Crippen MR) is 55.0 cm³/mol. The van der Waals surface area contributed by atoms with Crippen molar-refractivity contribution in [1.29, 1.82) is 0 Å². The van der Waals surface area contributed by atoms with Crippen LogP contribution in [0.4, 0.5) is 0 Å². The fourth-order valence-corrected chi connectivity index (χ4v) is 1.58. The van der Waals surface area contributed by atoms with Gasteiger partial charge in [0.15, 0.2) is 5.78 Å². The monoisotopic (exact) mass is 241 g/mol. The Hall–Kier alpha value is -1.53. The number of Topliss-reactive ketones (excluding diaryl/α,β-unsaturated/α-hetero) is 1. The Bertz CT molecular complexity index is 434. The van der Waals surface area contributed by atoms with Crippen LogP contribution in [0.1, 0.15) is 27.6 Å². The SMILES string of the molecule is COC(=O)c1cc(C(C)=O)cc(S(=O)[O-])c1. The Morgan fingerprint density at radius 3 is 2.25 bits per heavy atom. The largest absolute Gasteiger partial charge is 0.768 e. The van der Waals surface area contributed by atoms with Crippen LogP contribution >= 0.6 is 0 Å². The van der Waals surface area contributed by atoms with Gasteiger partial charge < -0.3 is 9.29 Å². The number of ether oxygens (including phenoxy) is 1. The van der Waals surface area contributed by atoms with Gasteiger partial charge in [-0.1, -0.05) is 0 Å². The maximum absolute atomic E-state index is 11.2. The highest BCUT2D eigenvalue weighted by Crippen LogP contribution is 2.14. The van der Waals surface area contributed by atoms with Crippen molar-refractivity contribution in [1.82, 2.24) is 0 Å². The third-order valence-corrected chi connectivity index (χ3v) is 2.55. The first-order chi connectivity index (χ1) is 7.45. The molecular formula is C10H9O5S-. The Kier molecular flexibility index (Phi) is 3.92. The quantitative estimate of drug-likeness (QED) is 0.446. The summed E-state index contributed by atoms with van der Waals surface area (Å²) in [6.45, 7) is 1.29. The predicted octanol–water partition coefficient (Wildman–Crippen LogP) is 0.914. The Labute approximate surface area is 94.7 Å². The van der Waals surface area contributed by atoms with Crippen molar-refractivity contribution in [2.75, 3.05) is 7.11 Å². The van der Waals surface area contributed by atoms with E-state index in [4.69, 9.17) is 0 Å². The Morgan fingerprint density at radius 1 is 1.25 bits per heavy atom. The van der Waals surface area contributed by atoms with Crippen molar-refractivity contribution in [3.05, 3.63) is 29.3 Å². The van der Waals surface area contributed by atoms with E-state index in [9.17, 15) is 18.4 Å². The van der Waals surface area contributed by atoms with Crippen molar-refractivity contribution in [2.45, 2.75) is 11.8 Å². The molecule has 0 N–H and O–H groups in total. The molecule has 5 nitrogen and oxygen atoms in total. The van der Waals surface area contributed by atoms with Gasteiger partial charge in [0.1, 0.15) is 0 Å². The highest BCUT2D eigenvalue weighted by atomic mass is 32.2. The zero-order chi connectivity index (χ0) is 12.3. The Balaban J connectivity index is 3.35. The van der Waals surface area contributed by atoms with Gasteiger partial charge in [-0.3, -0.25) is 9.00 Å². The summed E-state index contributed by atoms with van der Waals surface area (Å²) in [7, 11) is 1.18. The van der Waals surface area contributed by atoms with Crippen LogP contribution in [0.15, 0.2) is 23.1 Å². The smallest absolute Gasteiger partial charge is 0.337 e. The second-order valence-corrected chi connectivity index (χ2v) is 3.97. The molecule has 1 atom stereocenters. The molecule has 0 fully saturated rings. The molecule has 0 radical (unpaired) electrons. The van der Waals surface area contributed by atoms with E-state index < -0.39 is 17.0 Å². The molecule has 0 spiro atoms. The van der Waals surface area contributed by atoms with E-state index in [1.54, 1.807) is 0 Å². The maximum atomic E-state index is 11.2. The summed E-state index contributed by atoms with van der Waals surface area (Å²) in [6.07, 6.45) is 0. The fourth-order valence-electron chi connectivity index (χ4n) is 1.13. The number of benzene rings is 1. The Morgan fingerprint density at radius 2 is 1.81 bits per heavy atom. The number of hydrogen-bond acceptors (Lipinski definition) is 5. The maximum Gasteiger partial charge on any atom is 0.337 e. The second-order valence-electron chi connectivity index (χ2n) is 3.03. The van der Waals surface area contributed by atoms with Crippen molar-refractivity contribution in [3.8, 4) is 0 Å². The number of methoxy groups -OCH3 is 1. The normalized spacial score (nSPS) is 11.9. The van der Waals surface area contributed by atoms with Crippen molar-refractivity contribution in [3.63, 3.8) is 0 Å². The third kappa shape index (κ3) is 2.74. The molecule has 0 aliphatic rings. The molecule has 6 heteroatoms. The van der Waals surface area contributed by atoms with Crippen molar-refractivity contribution < 1.29 is 23.1 Å². The second kappa shape index (κ2) is 5.00. The van der Waals surface area contributed by atoms with Crippen LogP contribution in [-0.4, -0.2) is 27.6 Å². The van der Waals surface area contributed by atoms with Crippen LogP contribution < -0.4 is 0 Å². The molecule has 0 aromatic heterocycles. The lowest BCUT2D eigenvalue weighted by Gasteiger charge is -2.09. The number of carbonyl (C=O) groups excluding carboxylic acids is 2. The minimum Gasteiger partial charge on any atom is -0.768 e. The van der Waals surface area contributed by atoms with Gasteiger partial charge in [-0.05, 0) is 36.2 Å². The summed E-state index contributed by atoms with van der Waals surface area (Å²) in [4.78, 5) is 22.2. The number of hydrogen-bond donors (Lipinski definition) is 0.